The molecule has 10 nitrogen and oxygen atoms in total. The van der Waals surface area contributed by atoms with Crippen LogP contribution in [-0.4, -0.2) is 37.4 Å². The monoisotopic (exact) mass is 734 g/mol. The van der Waals surface area contributed by atoms with Crippen LogP contribution in [0.1, 0.15) is 28.9 Å². The van der Waals surface area contributed by atoms with Gasteiger partial charge in [0.05, 0.1) is 32.8 Å². The van der Waals surface area contributed by atoms with E-state index in [1.54, 1.807) is 6.92 Å². The van der Waals surface area contributed by atoms with E-state index in [4.69, 9.17) is 84.2 Å². The van der Waals surface area contributed by atoms with Crippen molar-refractivity contribution < 1.29 is 37.5 Å². The number of rotatable bonds is 7. The number of benzene rings is 3. The van der Waals surface area contributed by atoms with E-state index in [9.17, 15) is 28.1 Å². The number of alkyl halides is 6. The lowest BCUT2D eigenvalue weighted by molar-refractivity contribution is -0.385. The topological polar surface area (TPSA) is 130 Å². The Morgan fingerprint density at radius 1 is 1.00 bits per heavy atom. The van der Waals surface area contributed by atoms with E-state index in [-0.39, 0.29) is 51.1 Å². The lowest BCUT2D eigenvalue weighted by atomic mass is 10.2. The maximum absolute atomic E-state index is 12.6. The smallest absolute Gasteiger partial charge is 0.416 e. The third-order valence-corrected chi connectivity index (χ3v) is 6.45. The quantitative estimate of drug-likeness (QED) is 0.113. The van der Waals surface area contributed by atoms with Crippen molar-refractivity contribution in [2.24, 2.45) is 0 Å². The van der Waals surface area contributed by atoms with Gasteiger partial charge in [0.1, 0.15) is 11.5 Å². The van der Waals surface area contributed by atoms with Crippen LogP contribution in [0, 0.1) is 10.1 Å². The standard InChI is InChI=1S/C15H11ClF3NO4.C10H4Cl5N3O2/c1-2-23-14-8-10(4-5-12(14)20(21)22)24-13-6-3-9(7-11(13)16)15(17,18)19;11-4-1-2-6(5(12)3-4)18-9(10(13,14)15)16-7(17-18)8(19)20/h3-8H,2H2,1H3;1-3H,(H,19,20). The summed E-state index contributed by atoms with van der Waals surface area (Å²) in [4.78, 5) is 24.9. The average Bonchev–Trinajstić information content (AvgIpc) is 3.36. The molecule has 0 unspecified atom stereocenters. The molecule has 4 aromatic rings. The first kappa shape index (κ1) is 35.3. The van der Waals surface area contributed by atoms with Crippen LogP contribution in [0.3, 0.4) is 0 Å². The molecule has 1 aromatic heterocycles. The number of nitro groups is 1. The van der Waals surface area contributed by atoms with Crippen molar-refractivity contribution >= 4 is 81.3 Å². The van der Waals surface area contributed by atoms with Crippen LogP contribution in [0.5, 0.6) is 17.2 Å². The summed E-state index contributed by atoms with van der Waals surface area (Å²) in [6, 6.07) is 10.9. The molecule has 0 saturated carbocycles. The number of aromatic carboxylic acids is 1. The first-order chi connectivity index (χ1) is 20.4. The Bertz CT molecular complexity index is 1700. The molecule has 0 fully saturated rings. The highest BCUT2D eigenvalue weighted by atomic mass is 35.6. The van der Waals surface area contributed by atoms with E-state index in [1.165, 1.54) is 36.4 Å². The van der Waals surface area contributed by atoms with Gasteiger partial charge in [-0.3, -0.25) is 10.1 Å². The molecule has 234 valence electrons. The van der Waals surface area contributed by atoms with Gasteiger partial charge >= 0.3 is 17.8 Å². The second kappa shape index (κ2) is 14.3. The Balaban J connectivity index is 0.000000244. The fourth-order valence-corrected chi connectivity index (χ4v) is 4.35. The molecule has 0 aliphatic heterocycles. The number of nitro benzene ring substituents is 1. The van der Waals surface area contributed by atoms with Crippen LogP contribution < -0.4 is 9.47 Å². The third-order valence-electron chi connectivity index (χ3n) is 5.10. The van der Waals surface area contributed by atoms with E-state index < -0.39 is 32.2 Å². The maximum atomic E-state index is 12.6. The van der Waals surface area contributed by atoms with Gasteiger partial charge in [-0.2, -0.15) is 13.2 Å². The molecule has 0 atom stereocenters. The van der Waals surface area contributed by atoms with E-state index in [0.717, 1.165) is 22.9 Å². The molecule has 0 amide bonds. The number of aromatic nitrogens is 3. The van der Waals surface area contributed by atoms with Crippen LogP contribution >= 0.6 is 69.6 Å². The second-order valence-corrected chi connectivity index (χ2v) is 11.7. The predicted octanol–water partition coefficient (Wildman–Crippen LogP) is 9.56. The van der Waals surface area contributed by atoms with Crippen LogP contribution in [0.25, 0.3) is 5.69 Å². The molecule has 0 aliphatic carbocycles. The summed E-state index contributed by atoms with van der Waals surface area (Å²) in [5, 5.41) is 24.0. The van der Waals surface area contributed by atoms with Crippen molar-refractivity contribution in [3.63, 3.8) is 0 Å². The number of halogens is 9. The molecular formula is C25H15Cl6F3N4O6. The minimum atomic E-state index is -4.52. The Labute approximate surface area is 275 Å². The summed E-state index contributed by atoms with van der Waals surface area (Å²) in [5.74, 6) is -1.94. The molecule has 0 spiro atoms. The number of carboxylic acid groups (broad SMARTS) is 1. The fourth-order valence-electron chi connectivity index (χ4n) is 3.27. The summed E-state index contributed by atoms with van der Waals surface area (Å²) in [6.07, 6.45) is -4.52. The summed E-state index contributed by atoms with van der Waals surface area (Å²) >= 11 is 34.9. The van der Waals surface area contributed by atoms with Gasteiger partial charge < -0.3 is 14.6 Å². The Morgan fingerprint density at radius 2 is 1.68 bits per heavy atom. The second-order valence-electron chi connectivity index (χ2n) is 8.13. The van der Waals surface area contributed by atoms with E-state index in [1.807, 2.05) is 0 Å². The molecule has 0 radical (unpaired) electrons. The van der Waals surface area contributed by atoms with Crippen molar-refractivity contribution in [3.8, 4) is 22.9 Å². The van der Waals surface area contributed by atoms with Gasteiger partial charge in [0.25, 0.3) is 5.82 Å². The molecule has 0 bridgehead atoms. The van der Waals surface area contributed by atoms with Crippen molar-refractivity contribution in [1.29, 1.82) is 0 Å². The van der Waals surface area contributed by atoms with E-state index in [2.05, 4.69) is 10.1 Å². The number of hydrogen-bond donors (Lipinski definition) is 1. The molecule has 4 rings (SSSR count). The average molecular weight is 737 g/mol. The molecule has 3 aromatic carbocycles. The first-order valence-electron chi connectivity index (χ1n) is 11.6. The Morgan fingerprint density at radius 3 is 2.20 bits per heavy atom. The van der Waals surface area contributed by atoms with Crippen LogP contribution in [0.2, 0.25) is 15.1 Å². The van der Waals surface area contributed by atoms with Crippen molar-refractivity contribution in [1.82, 2.24) is 14.8 Å². The van der Waals surface area contributed by atoms with Gasteiger partial charge in [-0.1, -0.05) is 69.6 Å². The fraction of sp³-hybridized carbons (Fsp3) is 0.160. The number of carbonyl (C=O) groups is 1. The SMILES string of the molecule is CCOc1cc(Oc2ccc(C(F)(F)F)cc2Cl)ccc1[N+](=O)[O-].O=C(O)c1nc(C(Cl)(Cl)Cl)n(-c2ccc(Cl)cc2Cl)n1. The van der Waals surface area contributed by atoms with Crippen LogP contribution in [0.15, 0.2) is 54.6 Å². The van der Waals surface area contributed by atoms with E-state index >= 15 is 0 Å². The molecule has 44 heavy (non-hydrogen) atoms. The number of ether oxygens (including phenoxy) is 2. The summed E-state index contributed by atoms with van der Waals surface area (Å²) < 4.78 is 47.5. The van der Waals surface area contributed by atoms with E-state index in [0.29, 0.717) is 5.02 Å². The minimum absolute atomic E-state index is 0.0111. The predicted molar refractivity (Wildman–Crippen MR) is 158 cm³/mol. The van der Waals surface area contributed by atoms with Gasteiger partial charge in [-0.25, -0.2) is 14.5 Å². The zero-order valence-corrected chi connectivity index (χ0v) is 26.1. The summed E-state index contributed by atoms with van der Waals surface area (Å²) in [7, 11) is 0. The van der Waals surface area contributed by atoms with Crippen LogP contribution in [0.4, 0.5) is 18.9 Å². The van der Waals surface area contributed by atoms with Gasteiger partial charge in [-0.15, -0.1) is 5.10 Å². The highest BCUT2D eigenvalue weighted by Gasteiger charge is 2.33. The molecular weight excluding hydrogens is 722 g/mol. The van der Waals surface area contributed by atoms with Crippen LogP contribution in [-0.2, 0) is 9.97 Å². The largest absolute Gasteiger partial charge is 0.487 e. The molecule has 19 heteroatoms. The Kier molecular flexibility index (Phi) is 11.4. The summed E-state index contributed by atoms with van der Waals surface area (Å²) in [5.41, 5.74) is -0.862. The highest BCUT2D eigenvalue weighted by molar-refractivity contribution is 6.66. The van der Waals surface area contributed by atoms with Gasteiger partial charge in [0, 0.05) is 17.2 Å². The molecule has 0 saturated heterocycles. The molecule has 1 heterocycles. The van der Waals surface area contributed by atoms with Crippen molar-refractivity contribution in [2.45, 2.75) is 16.9 Å². The van der Waals surface area contributed by atoms with Gasteiger partial charge in [-0.05, 0) is 49.4 Å². The first-order valence-corrected chi connectivity index (χ1v) is 13.9. The minimum Gasteiger partial charge on any atom is -0.487 e. The van der Waals surface area contributed by atoms with Gasteiger partial charge in [0.2, 0.25) is 9.54 Å². The molecule has 1 N–H and O–H groups in total. The summed E-state index contributed by atoms with van der Waals surface area (Å²) in [6.45, 7) is 1.86. The van der Waals surface area contributed by atoms with Crippen molar-refractivity contribution in [3.05, 3.63) is 97.0 Å². The van der Waals surface area contributed by atoms with Gasteiger partial charge in [0.15, 0.2) is 5.82 Å². The maximum Gasteiger partial charge on any atom is 0.416 e. The zero-order chi connectivity index (χ0) is 33.0. The zero-order valence-electron chi connectivity index (χ0n) is 21.6. The Hall–Kier alpha value is -3.20. The number of hydrogen-bond acceptors (Lipinski definition) is 7. The third kappa shape index (κ3) is 8.93. The lowest BCUT2D eigenvalue weighted by Gasteiger charge is -2.12. The number of carboxylic acids is 1. The normalized spacial score (nSPS) is 11.4. The lowest BCUT2D eigenvalue weighted by Crippen LogP contribution is -2.12. The number of nitrogens with zero attached hydrogens (tertiary/aromatic N) is 4. The molecule has 0 aliphatic rings. The highest BCUT2D eigenvalue weighted by Crippen LogP contribution is 2.40. The van der Waals surface area contributed by atoms with Crippen molar-refractivity contribution in [2.75, 3.05) is 6.61 Å².